The molecule has 1 aromatic rings. The van der Waals surface area contributed by atoms with Crippen LogP contribution < -0.4 is 5.73 Å². The summed E-state index contributed by atoms with van der Waals surface area (Å²) in [5.41, 5.74) is 3.95. The molecule has 0 aliphatic heterocycles. The summed E-state index contributed by atoms with van der Waals surface area (Å²) in [4.78, 5) is 0. The predicted octanol–water partition coefficient (Wildman–Crippen LogP) is 3.75. The number of benzene rings is 1. The van der Waals surface area contributed by atoms with Crippen molar-refractivity contribution in [3.63, 3.8) is 0 Å². The van der Waals surface area contributed by atoms with E-state index in [0.29, 0.717) is 0 Å². The standard InChI is InChI=1S/C9H8ClF4N.ClH/c10-5-1-2-6(8(15)4-11)7(3-5)9(12,13)14;/h1-3,8H,4,15H2;1H/t8-;/m1./s1. The summed E-state index contributed by atoms with van der Waals surface area (Å²) in [5, 5.41) is -0.0582. The first-order chi connectivity index (χ1) is 6.86. The summed E-state index contributed by atoms with van der Waals surface area (Å²) < 4.78 is 49.7. The molecule has 0 aliphatic carbocycles. The van der Waals surface area contributed by atoms with Gasteiger partial charge >= 0.3 is 6.18 Å². The molecule has 0 saturated carbocycles. The highest BCUT2D eigenvalue weighted by Crippen LogP contribution is 2.35. The van der Waals surface area contributed by atoms with Crippen molar-refractivity contribution in [3.8, 4) is 0 Å². The van der Waals surface area contributed by atoms with Gasteiger partial charge in [0.2, 0.25) is 0 Å². The van der Waals surface area contributed by atoms with Gasteiger partial charge in [-0.2, -0.15) is 13.2 Å². The van der Waals surface area contributed by atoms with E-state index in [0.717, 1.165) is 12.1 Å². The smallest absolute Gasteiger partial charge is 0.322 e. The predicted molar refractivity (Wildman–Crippen MR) is 56.6 cm³/mol. The van der Waals surface area contributed by atoms with Crippen LogP contribution in [0.3, 0.4) is 0 Å². The Balaban J connectivity index is 0.00000225. The minimum Gasteiger partial charge on any atom is -0.322 e. The van der Waals surface area contributed by atoms with E-state index >= 15 is 0 Å². The number of nitrogens with two attached hydrogens (primary N) is 1. The maximum absolute atomic E-state index is 12.5. The lowest BCUT2D eigenvalue weighted by Crippen LogP contribution is -2.18. The van der Waals surface area contributed by atoms with Crippen molar-refractivity contribution < 1.29 is 17.6 Å². The number of rotatable bonds is 2. The van der Waals surface area contributed by atoms with Crippen LogP contribution in [0.25, 0.3) is 0 Å². The summed E-state index contributed by atoms with van der Waals surface area (Å²) in [6.45, 7) is -1.05. The maximum Gasteiger partial charge on any atom is 0.416 e. The van der Waals surface area contributed by atoms with E-state index < -0.39 is 24.5 Å². The van der Waals surface area contributed by atoms with Crippen LogP contribution in [0.2, 0.25) is 5.02 Å². The third-order valence-electron chi connectivity index (χ3n) is 1.89. The summed E-state index contributed by atoms with van der Waals surface area (Å²) in [5.74, 6) is 0. The first-order valence-corrected chi connectivity index (χ1v) is 4.42. The molecule has 0 fully saturated rings. The lowest BCUT2D eigenvalue weighted by molar-refractivity contribution is -0.138. The van der Waals surface area contributed by atoms with Crippen molar-refractivity contribution in [2.24, 2.45) is 5.73 Å². The monoisotopic (exact) mass is 277 g/mol. The van der Waals surface area contributed by atoms with Crippen LogP contribution in [0.5, 0.6) is 0 Å². The van der Waals surface area contributed by atoms with Crippen LogP contribution in [-0.4, -0.2) is 6.67 Å². The van der Waals surface area contributed by atoms with Crippen molar-refractivity contribution in [2.75, 3.05) is 6.67 Å². The van der Waals surface area contributed by atoms with E-state index in [1.807, 2.05) is 0 Å². The van der Waals surface area contributed by atoms with Crippen LogP contribution >= 0.6 is 24.0 Å². The van der Waals surface area contributed by atoms with Gasteiger partial charge in [-0.25, -0.2) is 4.39 Å². The van der Waals surface area contributed by atoms with Crippen molar-refractivity contribution in [3.05, 3.63) is 34.3 Å². The largest absolute Gasteiger partial charge is 0.416 e. The van der Waals surface area contributed by atoms with Crippen LogP contribution in [0.4, 0.5) is 17.6 Å². The molecule has 92 valence electrons. The van der Waals surface area contributed by atoms with Crippen LogP contribution in [0.1, 0.15) is 17.2 Å². The van der Waals surface area contributed by atoms with E-state index in [4.69, 9.17) is 17.3 Å². The molecule has 16 heavy (non-hydrogen) atoms. The maximum atomic E-state index is 12.5. The first kappa shape index (κ1) is 15.5. The molecule has 0 bridgehead atoms. The topological polar surface area (TPSA) is 26.0 Å². The Morgan fingerprint density at radius 3 is 2.31 bits per heavy atom. The Labute approximate surface area is 101 Å². The molecule has 7 heteroatoms. The second-order valence-electron chi connectivity index (χ2n) is 2.99. The molecule has 0 radical (unpaired) electrons. The molecule has 1 nitrogen and oxygen atoms in total. The second-order valence-corrected chi connectivity index (χ2v) is 3.43. The fourth-order valence-electron chi connectivity index (χ4n) is 1.18. The van der Waals surface area contributed by atoms with Gasteiger partial charge < -0.3 is 5.73 Å². The van der Waals surface area contributed by atoms with Gasteiger partial charge in [-0.1, -0.05) is 17.7 Å². The molecule has 0 spiro atoms. The van der Waals surface area contributed by atoms with Gasteiger partial charge in [0.25, 0.3) is 0 Å². The minimum atomic E-state index is -4.58. The highest BCUT2D eigenvalue weighted by molar-refractivity contribution is 6.30. The highest BCUT2D eigenvalue weighted by atomic mass is 35.5. The van der Waals surface area contributed by atoms with Crippen molar-refractivity contribution >= 4 is 24.0 Å². The Hall–Kier alpha value is -0.520. The fourth-order valence-corrected chi connectivity index (χ4v) is 1.35. The average molecular weight is 278 g/mol. The van der Waals surface area contributed by atoms with Crippen LogP contribution in [0, 0.1) is 0 Å². The number of hydrogen-bond acceptors (Lipinski definition) is 1. The van der Waals surface area contributed by atoms with E-state index in [1.54, 1.807) is 0 Å². The zero-order valence-electron chi connectivity index (χ0n) is 7.89. The summed E-state index contributed by atoms with van der Waals surface area (Å²) in [7, 11) is 0. The van der Waals surface area contributed by atoms with Crippen molar-refractivity contribution in [2.45, 2.75) is 12.2 Å². The normalized spacial score (nSPS) is 13.1. The third kappa shape index (κ3) is 3.50. The van der Waals surface area contributed by atoms with Gasteiger partial charge in [0, 0.05) is 5.02 Å². The lowest BCUT2D eigenvalue weighted by atomic mass is 10.0. The van der Waals surface area contributed by atoms with Gasteiger partial charge in [-0.05, 0) is 17.7 Å². The fraction of sp³-hybridized carbons (Fsp3) is 0.333. The molecule has 0 saturated heterocycles. The average Bonchev–Trinajstić information content (AvgIpc) is 2.15. The van der Waals surface area contributed by atoms with E-state index in [9.17, 15) is 17.6 Å². The van der Waals surface area contributed by atoms with Crippen molar-refractivity contribution in [1.29, 1.82) is 0 Å². The Morgan fingerprint density at radius 2 is 1.88 bits per heavy atom. The number of halogens is 6. The molecule has 0 unspecified atom stereocenters. The van der Waals surface area contributed by atoms with Gasteiger partial charge in [0.1, 0.15) is 6.67 Å². The molecule has 1 rings (SSSR count). The first-order valence-electron chi connectivity index (χ1n) is 4.04. The molecular formula is C9H9Cl2F4N. The van der Waals surface area contributed by atoms with Crippen molar-refractivity contribution in [1.82, 2.24) is 0 Å². The third-order valence-corrected chi connectivity index (χ3v) is 2.12. The molecule has 0 aliphatic rings. The number of alkyl halides is 4. The minimum absolute atomic E-state index is 0. The Morgan fingerprint density at radius 1 is 1.31 bits per heavy atom. The van der Waals surface area contributed by atoms with Gasteiger partial charge in [-0.3, -0.25) is 0 Å². The summed E-state index contributed by atoms with van der Waals surface area (Å²) >= 11 is 5.44. The molecule has 1 aromatic carbocycles. The molecule has 1 atom stereocenters. The zero-order chi connectivity index (χ0) is 11.6. The van der Waals surface area contributed by atoms with E-state index in [1.165, 1.54) is 6.07 Å². The zero-order valence-corrected chi connectivity index (χ0v) is 9.46. The molecule has 2 N–H and O–H groups in total. The Kier molecular flexibility index (Phi) is 5.52. The van der Waals surface area contributed by atoms with Gasteiger partial charge in [0.15, 0.2) is 0 Å². The Bertz CT molecular complexity index is 354. The molecule has 0 amide bonds. The second kappa shape index (κ2) is 5.70. The quantitative estimate of drug-likeness (QED) is 0.819. The van der Waals surface area contributed by atoms with Crippen LogP contribution in [-0.2, 0) is 6.18 Å². The molecule has 0 aromatic heterocycles. The lowest BCUT2D eigenvalue weighted by Gasteiger charge is -2.16. The van der Waals surface area contributed by atoms with Gasteiger partial charge in [0.05, 0.1) is 11.6 Å². The van der Waals surface area contributed by atoms with Gasteiger partial charge in [-0.15, -0.1) is 12.4 Å². The molecule has 0 heterocycles. The molecular weight excluding hydrogens is 269 g/mol. The summed E-state index contributed by atoms with van der Waals surface area (Å²) in [6.07, 6.45) is -4.58. The van der Waals surface area contributed by atoms with E-state index in [2.05, 4.69) is 0 Å². The number of hydrogen-bond donors (Lipinski definition) is 1. The summed E-state index contributed by atoms with van der Waals surface area (Å²) in [6, 6.07) is 1.81. The van der Waals surface area contributed by atoms with Crippen LogP contribution in [0.15, 0.2) is 18.2 Å². The SMILES string of the molecule is Cl.N[C@H](CF)c1ccc(Cl)cc1C(F)(F)F. The highest BCUT2D eigenvalue weighted by Gasteiger charge is 2.34. The van der Waals surface area contributed by atoms with E-state index in [-0.39, 0.29) is 23.0 Å².